The smallest absolute Gasteiger partial charge is 0.243 e. The molecule has 1 aliphatic rings. The molecule has 1 atom stereocenters. The van der Waals surface area contributed by atoms with Crippen molar-refractivity contribution in [1.82, 2.24) is 9.71 Å². The van der Waals surface area contributed by atoms with Crippen molar-refractivity contribution in [2.75, 3.05) is 11.5 Å². The van der Waals surface area contributed by atoms with Crippen LogP contribution in [0.1, 0.15) is 6.42 Å². The summed E-state index contributed by atoms with van der Waals surface area (Å²) in [6.45, 7) is 0. The molecule has 1 fully saturated rings. The molecule has 1 aromatic heterocycles. The van der Waals surface area contributed by atoms with E-state index in [-0.39, 0.29) is 16.1 Å². The SMILES string of the molecule is O=S(=O)(NC1CCSC1)c1cccnc1Cl. The van der Waals surface area contributed by atoms with Gasteiger partial charge in [0, 0.05) is 18.0 Å². The van der Waals surface area contributed by atoms with Gasteiger partial charge in [-0.2, -0.15) is 11.8 Å². The first-order valence-electron chi connectivity index (χ1n) is 4.80. The fourth-order valence-corrected chi connectivity index (χ4v) is 4.46. The third-order valence-electron chi connectivity index (χ3n) is 2.27. The number of hydrogen-bond donors (Lipinski definition) is 1. The maximum absolute atomic E-state index is 12.0. The van der Waals surface area contributed by atoms with Crippen LogP contribution in [-0.4, -0.2) is 30.9 Å². The predicted molar refractivity (Wildman–Crippen MR) is 65.3 cm³/mol. The molecule has 0 amide bonds. The van der Waals surface area contributed by atoms with Crippen molar-refractivity contribution >= 4 is 33.4 Å². The number of sulfonamides is 1. The summed E-state index contributed by atoms with van der Waals surface area (Å²) in [7, 11) is -3.53. The van der Waals surface area contributed by atoms with Crippen LogP contribution in [0.4, 0.5) is 0 Å². The van der Waals surface area contributed by atoms with Crippen LogP contribution in [0, 0.1) is 0 Å². The molecule has 0 radical (unpaired) electrons. The van der Waals surface area contributed by atoms with E-state index in [0.717, 1.165) is 17.9 Å². The quantitative estimate of drug-likeness (QED) is 0.852. The van der Waals surface area contributed by atoms with Crippen LogP contribution in [0.5, 0.6) is 0 Å². The van der Waals surface area contributed by atoms with Gasteiger partial charge in [-0.3, -0.25) is 0 Å². The van der Waals surface area contributed by atoms with Gasteiger partial charge in [0.25, 0.3) is 0 Å². The Morgan fingerprint density at radius 3 is 3.00 bits per heavy atom. The number of thioether (sulfide) groups is 1. The summed E-state index contributed by atoms with van der Waals surface area (Å²) in [6.07, 6.45) is 2.33. The minimum atomic E-state index is -3.53. The summed E-state index contributed by atoms with van der Waals surface area (Å²) >= 11 is 7.51. The van der Waals surface area contributed by atoms with Crippen LogP contribution in [0.3, 0.4) is 0 Å². The standard InChI is InChI=1S/C9H11ClN2O2S2/c10-9-8(2-1-4-11-9)16(13,14)12-7-3-5-15-6-7/h1-2,4,7,12H,3,5-6H2. The van der Waals surface area contributed by atoms with Crippen LogP contribution in [-0.2, 0) is 10.0 Å². The average Bonchev–Trinajstić information content (AvgIpc) is 2.70. The molecule has 88 valence electrons. The lowest BCUT2D eigenvalue weighted by Crippen LogP contribution is -2.34. The summed E-state index contributed by atoms with van der Waals surface area (Å²) < 4.78 is 26.6. The van der Waals surface area contributed by atoms with Gasteiger partial charge in [-0.05, 0) is 24.3 Å². The van der Waals surface area contributed by atoms with Crippen molar-refractivity contribution in [3.8, 4) is 0 Å². The molecular weight excluding hydrogens is 268 g/mol. The van der Waals surface area contributed by atoms with Gasteiger partial charge < -0.3 is 0 Å². The predicted octanol–water partition coefficient (Wildman–Crippen LogP) is 1.52. The lowest BCUT2D eigenvalue weighted by Gasteiger charge is -2.12. The van der Waals surface area contributed by atoms with Crippen LogP contribution in [0.25, 0.3) is 0 Å². The molecule has 2 heterocycles. The zero-order valence-corrected chi connectivity index (χ0v) is 10.8. The van der Waals surface area contributed by atoms with Gasteiger partial charge in [-0.15, -0.1) is 0 Å². The lowest BCUT2D eigenvalue weighted by molar-refractivity contribution is 0.563. The first kappa shape index (κ1) is 12.2. The van der Waals surface area contributed by atoms with E-state index in [1.54, 1.807) is 17.8 Å². The first-order chi connectivity index (χ1) is 7.59. The fourth-order valence-electron chi connectivity index (χ4n) is 1.48. The highest BCUT2D eigenvalue weighted by molar-refractivity contribution is 7.99. The largest absolute Gasteiger partial charge is 0.243 e. The minimum Gasteiger partial charge on any atom is -0.243 e. The van der Waals surface area contributed by atoms with Crippen molar-refractivity contribution in [3.05, 3.63) is 23.5 Å². The number of aromatic nitrogens is 1. The molecule has 16 heavy (non-hydrogen) atoms. The monoisotopic (exact) mass is 278 g/mol. The molecule has 1 unspecified atom stereocenters. The number of hydrogen-bond acceptors (Lipinski definition) is 4. The third-order valence-corrected chi connectivity index (χ3v) is 5.39. The first-order valence-corrected chi connectivity index (χ1v) is 7.82. The maximum Gasteiger partial charge on any atom is 0.243 e. The topological polar surface area (TPSA) is 59.1 Å². The van der Waals surface area contributed by atoms with Gasteiger partial charge in [0.05, 0.1) is 0 Å². The molecule has 1 aromatic rings. The van der Waals surface area contributed by atoms with E-state index in [1.165, 1.54) is 12.3 Å². The van der Waals surface area contributed by atoms with Crippen molar-refractivity contribution < 1.29 is 8.42 Å². The van der Waals surface area contributed by atoms with Gasteiger partial charge in [-0.1, -0.05) is 11.6 Å². The number of nitrogens with one attached hydrogen (secondary N) is 1. The van der Waals surface area contributed by atoms with Crippen molar-refractivity contribution in [2.45, 2.75) is 17.4 Å². The molecule has 1 saturated heterocycles. The third kappa shape index (κ3) is 2.68. The Morgan fingerprint density at radius 2 is 2.38 bits per heavy atom. The molecule has 4 nitrogen and oxygen atoms in total. The second kappa shape index (κ2) is 4.91. The Balaban J connectivity index is 2.21. The van der Waals surface area contributed by atoms with Crippen LogP contribution in [0.15, 0.2) is 23.2 Å². The van der Waals surface area contributed by atoms with Crippen molar-refractivity contribution in [3.63, 3.8) is 0 Å². The minimum absolute atomic E-state index is 0.00581. The molecule has 0 aliphatic carbocycles. The Labute approximate surface area is 104 Å². The second-order valence-electron chi connectivity index (χ2n) is 3.47. The summed E-state index contributed by atoms with van der Waals surface area (Å²) in [5.41, 5.74) is 0. The van der Waals surface area contributed by atoms with Crippen molar-refractivity contribution in [1.29, 1.82) is 0 Å². The summed E-state index contributed by atoms with van der Waals surface area (Å²) in [4.78, 5) is 3.81. The summed E-state index contributed by atoms with van der Waals surface area (Å²) in [6, 6.07) is 3.02. The molecule has 1 aliphatic heterocycles. The summed E-state index contributed by atoms with van der Waals surface area (Å²) in [5.74, 6) is 1.81. The van der Waals surface area contributed by atoms with Crippen LogP contribution in [0.2, 0.25) is 5.15 Å². The van der Waals surface area contributed by atoms with Gasteiger partial charge in [0.15, 0.2) is 0 Å². The Kier molecular flexibility index (Phi) is 3.73. The van der Waals surface area contributed by atoms with E-state index in [9.17, 15) is 8.42 Å². The Hall–Kier alpha value is -0.300. The van der Waals surface area contributed by atoms with E-state index in [0.29, 0.717) is 0 Å². The van der Waals surface area contributed by atoms with Gasteiger partial charge in [0.2, 0.25) is 10.0 Å². The number of pyridine rings is 1. The lowest BCUT2D eigenvalue weighted by atomic mass is 10.3. The highest BCUT2D eigenvalue weighted by Crippen LogP contribution is 2.22. The zero-order chi connectivity index (χ0) is 11.6. The second-order valence-corrected chi connectivity index (χ2v) is 6.66. The van der Waals surface area contributed by atoms with Gasteiger partial charge in [-0.25, -0.2) is 18.1 Å². The Morgan fingerprint density at radius 1 is 1.56 bits per heavy atom. The normalized spacial score (nSPS) is 21.2. The van der Waals surface area contributed by atoms with E-state index in [4.69, 9.17) is 11.6 Å². The molecular formula is C9H11ClN2O2S2. The highest BCUT2D eigenvalue weighted by Gasteiger charge is 2.25. The van der Waals surface area contributed by atoms with E-state index >= 15 is 0 Å². The molecule has 7 heteroatoms. The van der Waals surface area contributed by atoms with E-state index < -0.39 is 10.0 Å². The van der Waals surface area contributed by atoms with Gasteiger partial charge in [0.1, 0.15) is 10.0 Å². The number of halogens is 1. The van der Waals surface area contributed by atoms with E-state index in [2.05, 4.69) is 9.71 Å². The van der Waals surface area contributed by atoms with Crippen LogP contribution < -0.4 is 4.72 Å². The van der Waals surface area contributed by atoms with Gasteiger partial charge >= 0.3 is 0 Å². The fraction of sp³-hybridized carbons (Fsp3) is 0.444. The van der Waals surface area contributed by atoms with Crippen LogP contribution >= 0.6 is 23.4 Å². The molecule has 0 bridgehead atoms. The molecule has 1 N–H and O–H groups in total. The maximum atomic E-state index is 12.0. The summed E-state index contributed by atoms with van der Waals surface area (Å²) in [5, 5.41) is 0.0145. The zero-order valence-electron chi connectivity index (χ0n) is 8.39. The average molecular weight is 279 g/mol. The molecule has 0 aromatic carbocycles. The van der Waals surface area contributed by atoms with Crippen molar-refractivity contribution in [2.24, 2.45) is 0 Å². The molecule has 2 rings (SSSR count). The highest BCUT2D eigenvalue weighted by atomic mass is 35.5. The molecule has 0 saturated carbocycles. The molecule has 0 spiro atoms. The number of nitrogens with zero attached hydrogens (tertiary/aromatic N) is 1. The Bertz CT molecular complexity index is 472. The number of rotatable bonds is 3. The van der Waals surface area contributed by atoms with E-state index in [1.807, 2.05) is 0 Å².